The van der Waals surface area contributed by atoms with Gasteiger partial charge in [-0.3, -0.25) is 24.1 Å². The van der Waals surface area contributed by atoms with Crippen LogP contribution in [0.1, 0.15) is 27.2 Å². The number of carbonyl (C=O) groups excluding carboxylic acids is 4. The number of esters is 2. The number of rotatable bonds is 10. The maximum Gasteiger partial charge on any atom is 0.322 e. The third kappa shape index (κ3) is 4.70. The van der Waals surface area contributed by atoms with Crippen molar-refractivity contribution in [1.82, 2.24) is 4.90 Å². The number of amides is 2. The second-order valence-corrected chi connectivity index (χ2v) is 10.6. The van der Waals surface area contributed by atoms with E-state index in [-0.39, 0.29) is 56.8 Å². The molecule has 3 aliphatic heterocycles. The first-order valence-corrected chi connectivity index (χ1v) is 11.0. The van der Waals surface area contributed by atoms with E-state index in [1.54, 1.807) is 20.8 Å². The molecule has 10 heteroatoms. The second kappa shape index (κ2) is 8.99. The molecule has 0 aromatic carbocycles. The summed E-state index contributed by atoms with van der Waals surface area (Å²) < 4.78 is 19.9. The lowest BCUT2D eigenvalue weighted by Crippen LogP contribution is -2.41. The summed E-state index contributed by atoms with van der Waals surface area (Å²) in [6, 6.07) is 0. The Balaban J connectivity index is 1.49. The van der Waals surface area contributed by atoms with Gasteiger partial charge in [-0.25, -0.2) is 0 Å². The summed E-state index contributed by atoms with van der Waals surface area (Å²) in [6.45, 7) is 5.23. The Morgan fingerprint density at radius 1 is 1.00 bits per heavy atom. The van der Waals surface area contributed by atoms with Crippen LogP contribution in [0.2, 0.25) is 0 Å². The molecule has 31 heavy (non-hydrogen) atoms. The fourth-order valence-corrected chi connectivity index (χ4v) is 5.17. The van der Waals surface area contributed by atoms with Crippen molar-refractivity contribution in [1.29, 1.82) is 0 Å². The van der Waals surface area contributed by atoms with Gasteiger partial charge in [-0.2, -0.15) is 0 Å². The van der Waals surface area contributed by atoms with Gasteiger partial charge in [0.05, 0.1) is 42.6 Å². The molecule has 2 amide bonds. The van der Waals surface area contributed by atoms with Crippen LogP contribution >= 0.6 is 15.9 Å². The van der Waals surface area contributed by atoms with E-state index in [0.29, 0.717) is 0 Å². The Morgan fingerprint density at radius 2 is 1.55 bits per heavy atom. The average Bonchev–Trinajstić information content (AvgIpc) is 3.36. The molecule has 0 aromatic heterocycles. The van der Waals surface area contributed by atoms with Crippen LogP contribution in [0.4, 0.5) is 0 Å². The van der Waals surface area contributed by atoms with Crippen molar-refractivity contribution >= 4 is 39.7 Å². The summed E-state index contributed by atoms with van der Waals surface area (Å²) in [4.78, 5) is 51.3. The number of hydrogen-bond acceptors (Lipinski definition) is 8. The first kappa shape index (κ1) is 23.9. The van der Waals surface area contributed by atoms with Crippen LogP contribution in [-0.2, 0) is 38.1 Å². The Hall–Kier alpha value is -1.78. The predicted octanol–water partition coefficient (Wildman–Crippen LogP) is 1.23. The molecule has 2 saturated heterocycles. The highest BCUT2D eigenvalue weighted by Crippen LogP contribution is 2.45. The molecular formula is C21H28BrNO8. The minimum Gasteiger partial charge on any atom is -0.463 e. The molecule has 0 aromatic rings. The summed E-state index contributed by atoms with van der Waals surface area (Å²) in [5.74, 6) is -2.56. The van der Waals surface area contributed by atoms with Crippen molar-refractivity contribution in [2.75, 3.05) is 33.5 Å². The third-order valence-corrected chi connectivity index (χ3v) is 6.43. The van der Waals surface area contributed by atoms with E-state index in [0.717, 1.165) is 4.90 Å². The van der Waals surface area contributed by atoms with Gasteiger partial charge in [-0.15, -0.1) is 0 Å². The maximum atomic E-state index is 12.6. The molecule has 9 nitrogen and oxygen atoms in total. The van der Waals surface area contributed by atoms with E-state index >= 15 is 0 Å². The minimum atomic E-state index is -1.09. The fourth-order valence-electron chi connectivity index (χ4n) is 4.35. The monoisotopic (exact) mass is 501 g/mol. The molecule has 3 aliphatic rings. The molecule has 1 unspecified atom stereocenters. The molecule has 3 heterocycles. The number of methoxy groups -OCH3 is 1. The first-order valence-electron chi connectivity index (χ1n) is 10.2. The Bertz CT molecular complexity index is 762. The van der Waals surface area contributed by atoms with E-state index in [1.807, 2.05) is 12.2 Å². The summed E-state index contributed by atoms with van der Waals surface area (Å²) in [5, 5.41) is 0. The lowest BCUT2D eigenvalue weighted by Gasteiger charge is -2.30. The molecule has 0 spiro atoms. The van der Waals surface area contributed by atoms with Gasteiger partial charge in [-0.1, -0.05) is 28.1 Å². The van der Waals surface area contributed by atoms with Crippen molar-refractivity contribution in [3.05, 3.63) is 12.2 Å². The van der Waals surface area contributed by atoms with Crippen molar-refractivity contribution in [3.8, 4) is 0 Å². The van der Waals surface area contributed by atoms with E-state index < -0.39 is 33.5 Å². The number of imide groups is 1. The highest BCUT2D eigenvalue weighted by atomic mass is 79.9. The normalized spacial score (nSPS) is 28.6. The zero-order valence-corrected chi connectivity index (χ0v) is 19.7. The number of hydrogen-bond donors (Lipinski definition) is 0. The number of halogens is 1. The van der Waals surface area contributed by atoms with Crippen molar-refractivity contribution < 1.29 is 38.1 Å². The number of carbonyl (C=O) groups is 4. The van der Waals surface area contributed by atoms with Gasteiger partial charge in [0.1, 0.15) is 17.5 Å². The summed E-state index contributed by atoms with van der Waals surface area (Å²) >= 11 is 3.35. The van der Waals surface area contributed by atoms with Gasteiger partial charge in [0.15, 0.2) is 0 Å². The second-order valence-electron chi connectivity index (χ2n) is 8.85. The molecule has 2 fully saturated rings. The molecule has 0 aliphatic carbocycles. The van der Waals surface area contributed by atoms with Crippen LogP contribution in [0.5, 0.6) is 0 Å². The number of likely N-dealkylation sites (tertiary alicyclic amines) is 1. The quantitative estimate of drug-likeness (QED) is 0.144. The average molecular weight is 502 g/mol. The predicted molar refractivity (Wildman–Crippen MR) is 111 cm³/mol. The zero-order valence-electron chi connectivity index (χ0n) is 18.1. The van der Waals surface area contributed by atoms with Gasteiger partial charge < -0.3 is 18.9 Å². The Morgan fingerprint density at radius 3 is 2.10 bits per heavy atom. The topological polar surface area (TPSA) is 108 Å². The van der Waals surface area contributed by atoms with Crippen molar-refractivity contribution in [2.24, 2.45) is 17.3 Å². The van der Waals surface area contributed by atoms with Crippen molar-refractivity contribution in [3.63, 3.8) is 0 Å². The van der Waals surface area contributed by atoms with Crippen molar-refractivity contribution in [2.45, 2.75) is 43.7 Å². The molecule has 3 rings (SSSR count). The first-order chi connectivity index (χ1) is 14.5. The number of fused-ring (bicyclic) bond motifs is 5. The highest BCUT2D eigenvalue weighted by Gasteiger charge is 2.60. The largest absolute Gasteiger partial charge is 0.463 e. The molecule has 0 N–H and O–H groups in total. The van der Waals surface area contributed by atoms with Gasteiger partial charge >= 0.3 is 11.9 Å². The van der Waals surface area contributed by atoms with Crippen LogP contribution in [0, 0.1) is 17.3 Å². The molecule has 172 valence electrons. The lowest BCUT2D eigenvalue weighted by molar-refractivity contribution is -0.159. The minimum absolute atomic E-state index is 0.00341. The van der Waals surface area contributed by atoms with Gasteiger partial charge in [-0.05, 0) is 27.2 Å². The highest BCUT2D eigenvalue weighted by molar-refractivity contribution is 9.10. The fraction of sp³-hybridized carbons (Fsp3) is 0.714. The standard InChI is InChI=1S/C21H28BrNO8/c1-20(2,11-21(3,22)19(27)30-10-9-28-4)18(26)29-8-7-23-16(24)14-12-5-6-13(31-12)15(14)17(23)25/h5-6,12-15H,7-11H2,1-4H3/t12-,13+,14-,15+,21?. The molecule has 0 saturated carbocycles. The Kier molecular flexibility index (Phi) is 6.93. The number of nitrogens with zero attached hydrogens (tertiary/aromatic N) is 1. The van der Waals surface area contributed by atoms with E-state index in [4.69, 9.17) is 18.9 Å². The number of alkyl halides is 1. The smallest absolute Gasteiger partial charge is 0.322 e. The molecular weight excluding hydrogens is 474 g/mol. The summed E-state index contributed by atoms with van der Waals surface area (Å²) in [6.07, 6.45) is 3.07. The van der Waals surface area contributed by atoms with Gasteiger partial charge in [0.2, 0.25) is 11.8 Å². The van der Waals surface area contributed by atoms with Crippen LogP contribution < -0.4 is 0 Å². The lowest BCUT2D eigenvalue weighted by atomic mass is 9.83. The van der Waals surface area contributed by atoms with Crippen LogP contribution in [0.25, 0.3) is 0 Å². The third-order valence-electron chi connectivity index (χ3n) is 5.82. The van der Waals surface area contributed by atoms with Crippen LogP contribution in [0.3, 0.4) is 0 Å². The number of ether oxygens (including phenoxy) is 4. The van der Waals surface area contributed by atoms with Gasteiger partial charge in [0, 0.05) is 7.11 Å². The van der Waals surface area contributed by atoms with Crippen LogP contribution in [0.15, 0.2) is 12.2 Å². The summed E-state index contributed by atoms with van der Waals surface area (Å²) in [7, 11) is 1.50. The molecule has 5 atom stereocenters. The molecule has 2 bridgehead atoms. The van der Waals surface area contributed by atoms with E-state index in [1.165, 1.54) is 7.11 Å². The molecule has 0 radical (unpaired) electrons. The zero-order chi connectivity index (χ0) is 23.0. The SMILES string of the molecule is COCCOC(=O)C(C)(Br)CC(C)(C)C(=O)OCCN1C(=O)[C@@H]2[C@H](C1=O)[C@H]1C=C[C@@H]2O1. The maximum absolute atomic E-state index is 12.6. The van der Waals surface area contributed by atoms with E-state index in [2.05, 4.69) is 15.9 Å². The summed E-state index contributed by atoms with van der Waals surface area (Å²) in [5.41, 5.74) is -1.01. The van der Waals surface area contributed by atoms with E-state index in [9.17, 15) is 19.2 Å². The van der Waals surface area contributed by atoms with Gasteiger partial charge in [0.25, 0.3) is 0 Å². The Labute approximate surface area is 189 Å². The van der Waals surface area contributed by atoms with Crippen LogP contribution in [-0.4, -0.2) is 78.7 Å².